The Hall–Kier alpha value is -0.900. The van der Waals surface area contributed by atoms with Crippen molar-refractivity contribution >= 4 is 0 Å². The van der Waals surface area contributed by atoms with Gasteiger partial charge in [0.1, 0.15) is 0 Å². The predicted octanol–water partition coefficient (Wildman–Crippen LogP) is 2.44. The van der Waals surface area contributed by atoms with Gasteiger partial charge in [0.05, 0.1) is 6.10 Å². The Bertz CT molecular complexity index is 371. The molecule has 0 bridgehead atoms. The van der Waals surface area contributed by atoms with Gasteiger partial charge in [-0.1, -0.05) is 43.5 Å². The minimum Gasteiger partial charge on any atom is -0.387 e. The van der Waals surface area contributed by atoms with E-state index in [0.717, 1.165) is 11.1 Å². The summed E-state index contributed by atoms with van der Waals surface area (Å²) < 4.78 is 0. The van der Waals surface area contributed by atoms with E-state index in [1.54, 1.807) is 0 Å². The second-order valence-electron chi connectivity index (χ2n) is 5.69. The Balaban J connectivity index is 1.89. The molecule has 1 aromatic rings. The highest BCUT2D eigenvalue weighted by atomic mass is 16.3. The van der Waals surface area contributed by atoms with Crippen LogP contribution in [0.1, 0.15) is 49.3 Å². The fourth-order valence-electron chi connectivity index (χ4n) is 2.92. The zero-order chi connectivity index (χ0) is 13.7. The number of likely N-dealkylation sites (N-methyl/N-ethyl adjacent to an activating group) is 1. The Labute approximate surface area is 116 Å². The van der Waals surface area contributed by atoms with Crippen LogP contribution >= 0.6 is 0 Å². The van der Waals surface area contributed by atoms with E-state index in [4.69, 9.17) is 5.73 Å². The topological polar surface area (TPSA) is 49.5 Å². The zero-order valence-electron chi connectivity index (χ0n) is 11.9. The number of hydrogen-bond acceptors (Lipinski definition) is 3. The van der Waals surface area contributed by atoms with E-state index in [9.17, 15) is 5.11 Å². The van der Waals surface area contributed by atoms with Crippen LogP contribution in [0.2, 0.25) is 0 Å². The molecule has 0 heterocycles. The molecular weight excluding hydrogens is 236 g/mol. The van der Waals surface area contributed by atoms with Gasteiger partial charge in [0.25, 0.3) is 0 Å². The normalized spacial score (nSPS) is 18.7. The first-order chi connectivity index (χ1) is 9.20. The summed E-state index contributed by atoms with van der Waals surface area (Å²) >= 11 is 0. The van der Waals surface area contributed by atoms with Gasteiger partial charge in [-0.25, -0.2) is 0 Å². The van der Waals surface area contributed by atoms with Gasteiger partial charge in [-0.3, -0.25) is 0 Å². The lowest BCUT2D eigenvalue weighted by molar-refractivity contribution is 0.0914. The van der Waals surface area contributed by atoms with Crippen molar-refractivity contribution in [3.8, 4) is 0 Å². The minimum absolute atomic E-state index is 0.404. The lowest BCUT2D eigenvalue weighted by Gasteiger charge is -2.32. The summed E-state index contributed by atoms with van der Waals surface area (Å²) in [7, 11) is 2.13. The van der Waals surface area contributed by atoms with Crippen molar-refractivity contribution in [1.29, 1.82) is 0 Å². The highest BCUT2D eigenvalue weighted by Gasteiger charge is 2.20. The molecule has 0 amide bonds. The summed E-state index contributed by atoms with van der Waals surface area (Å²) in [5, 5.41) is 10.3. The van der Waals surface area contributed by atoms with Crippen molar-refractivity contribution in [3.05, 3.63) is 35.4 Å². The highest BCUT2D eigenvalue weighted by Crippen LogP contribution is 2.23. The average molecular weight is 262 g/mol. The van der Waals surface area contributed by atoms with Gasteiger partial charge in [0, 0.05) is 19.1 Å². The van der Waals surface area contributed by atoms with Gasteiger partial charge < -0.3 is 15.7 Å². The lowest BCUT2D eigenvalue weighted by Crippen LogP contribution is -2.36. The first-order valence-electron chi connectivity index (χ1n) is 7.38. The third kappa shape index (κ3) is 4.03. The summed E-state index contributed by atoms with van der Waals surface area (Å²) in [6.07, 6.45) is 6.17. The number of benzene rings is 1. The summed E-state index contributed by atoms with van der Waals surface area (Å²) in [6, 6.07) is 8.62. The minimum atomic E-state index is -0.404. The molecule has 1 aromatic carbocycles. The molecule has 0 aliphatic heterocycles. The maximum absolute atomic E-state index is 10.3. The van der Waals surface area contributed by atoms with Gasteiger partial charge in [0.15, 0.2) is 0 Å². The molecule has 3 heteroatoms. The van der Waals surface area contributed by atoms with Crippen LogP contribution in [0.25, 0.3) is 0 Å². The Morgan fingerprint density at radius 2 is 1.84 bits per heavy atom. The van der Waals surface area contributed by atoms with Gasteiger partial charge >= 0.3 is 0 Å². The third-order valence-corrected chi connectivity index (χ3v) is 4.26. The lowest BCUT2D eigenvalue weighted by atomic mass is 9.94. The molecular formula is C16H26N2O. The summed E-state index contributed by atoms with van der Waals surface area (Å²) in [5.74, 6) is 0. The van der Waals surface area contributed by atoms with Crippen molar-refractivity contribution in [2.45, 2.75) is 50.8 Å². The Morgan fingerprint density at radius 1 is 1.21 bits per heavy atom. The molecule has 1 fully saturated rings. The van der Waals surface area contributed by atoms with E-state index >= 15 is 0 Å². The molecule has 1 unspecified atom stereocenters. The molecule has 1 aliphatic carbocycles. The van der Waals surface area contributed by atoms with Crippen LogP contribution in [0.4, 0.5) is 0 Å². The van der Waals surface area contributed by atoms with E-state index in [-0.39, 0.29) is 0 Å². The van der Waals surface area contributed by atoms with Crippen LogP contribution in [0.5, 0.6) is 0 Å². The van der Waals surface area contributed by atoms with E-state index in [1.165, 1.54) is 32.1 Å². The van der Waals surface area contributed by atoms with Gasteiger partial charge in [-0.05, 0) is 31.0 Å². The average Bonchev–Trinajstić information content (AvgIpc) is 2.48. The van der Waals surface area contributed by atoms with Crippen LogP contribution in [0.15, 0.2) is 24.3 Å². The van der Waals surface area contributed by atoms with Crippen LogP contribution in [-0.2, 0) is 6.54 Å². The fraction of sp³-hybridized carbons (Fsp3) is 0.625. The van der Waals surface area contributed by atoms with E-state index in [2.05, 4.69) is 11.9 Å². The molecule has 2 rings (SSSR count). The number of rotatable bonds is 5. The maximum Gasteiger partial charge on any atom is 0.0916 e. The first kappa shape index (κ1) is 14.5. The van der Waals surface area contributed by atoms with Crippen LogP contribution in [-0.4, -0.2) is 29.6 Å². The predicted molar refractivity (Wildman–Crippen MR) is 78.8 cm³/mol. The summed E-state index contributed by atoms with van der Waals surface area (Å²) in [6.45, 7) is 1.27. The molecule has 19 heavy (non-hydrogen) atoms. The smallest absolute Gasteiger partial charge is 0.0916 e. The number of aliphatic hydroxyl groups excluding tert-OH is 1. The molecule has 1 saturated carbocycles. The van der Waals surface area contributed by atoms with Crippen LogP contribution in [0, 0.1) is 0 Å². The standard InChI is InChI=1S/C16H26N2O/c1-18(15-5-3-2-4-6-15)12-16(19)14-9-7-13(11-17)8-10-14/h7-10,15-16,19H,2-6,11-12,17H2,1H3. The SMILES string of the molecule is CN(CC(O)c1ccc(CN)cc1)C1CCCCC1. The van der Waals surface area contributed by atoms with Gasteiger partial charge in [-0.15, -0.1) is 0 Å². The molecule has 3 nitrogen and oxygen atoms in total. The molecule has 1 aliphatic rings. The molecule has 0 saturated heterocycles. The molecule has 0 aromatic heterocycles. The summed E-state index contributed by atoms with van der Waals surface area (Å²) in [5.41, 5.74) is 7.68. The van der Waals surface area contributed by atoms with E-state index < -0.39 is 6.10 Å². The second kappa shape index (κ2) is 7.04. The largest absolute Gasteiger partial charge is 0.387 e. The van der Waals surface area contributed by atoms with Crippen molar-refractivity contribution in [3.63, 3.8) is 0 Å². The maximum atomic E-state index is 10.3. The first-order valence-corrected chi connectivity index (χ1v) is 7.38. The molecule has 0 radical (unpaired) electrons. The van der Waals surface area contributed by atoms with E-state index in [1.807, 2.05) is 24.3 Å². The molecule has 3 N–H and O–H groups in total. The van der Waals surface area contributed by atoms with Crippen LogP contribution in [0.3, 0.4) is 0 Å². The summed E-state index contributed by atoms with van der Waals surface area (Å²) in [4.78, 5) is 2.32. The monoisotopic (exact) mass is 262 g/mol. The molecule has 106 valence electrons. The number of nitrogens with zero attached hydrogens (tertiary/aromatic N) is 1. The van der Waals surface area contributed by atoms with Gasteiger partial charge in [0.2, 0.25) is 0 Å². The van der Waals surface area contributed by atoms with Gasteiger partial charge in [-0.2, -0.15) is 0 Å². The molecule has 0 spiro atoms. The number of hydrogen-bond donors (Lipinski definition) is 2. The third-order valence-electron chi connectivity index (χ3n) is 4.26. The van der Waals surface area contributed by atoms with Crippen molar-refractivity contribution in [2.75, 3.05) is 13.6 Å². The van der Waals surface area contributed by atoms with Crippen molar-refractivity contribution in [2.24, 2.45) is 5.73 Å². The Kier molecular flexibility index (Phi) is 5.37. The number of nitrogens with two attached hydrogens (primary N) is 1. The number of aliphatic hydroxyl groups is 1. The fourth-order valence-corrected chi connectivity index (χ4v) is 2.92. The van der Waals surface area contributed by atoms with Crippen LogP contribution < -0.4 is 5.73 Å². The van der Waals surface area contributed by atoms with Crippen molar-refractivity contribution < 1.29 is 5.11 Å². The Morgan fingerprint density at radius 3 is 2.42 bits per heavy atom. The zero-order valence-corrected chi connectivity index (χ0v) is 11.9. The second-order valence-corrected chi connectivity index (χ2v) is 5.69. The van der Waals surface area contributed by atoms with E-state index in [0.29, 0.717) is 19.1 Å². The molecule has 1 atom stereocenters. The highest BCUT2D eigenvalue weighted by molar-refractivity contribution is 5.24. The quantitative estimate of drug-likeness (QED) is 0.857. The van der Waals surface area contributed by atoms with Crippen molar-refractivity contribution in [1.82, 2.24) is 4.90 Å².